The molecule has 0 bridgehead atoms. The van der Waals surface area contributed by atoms with Crippen molar-refractivity contribution >= 4 is 7.75 Å². The van der Waals surface area contributed by atoms with Gasteiger partial charge in [-0.2, -0.15) is 4.67 Å². The van der Waals surface area contributed by atoms with E-state index in [1.165, 1.54) is 5.56 Å². The number of nitrogens with zero attached hydrogens (tertiary/aromatic N) is 1. The average Bonchev–Trinajstić information content (AvgIpc) is 2.69. The van der Waals surface area contributed by atoms with E-state index in [1.807, 2.05) is 61.5 Å². The van der Waals surface area contributed by atoms with Crippen LogP contribution < -0.4 is 9.05 Å². The topological polar surface area (TPSA) is 38.8 Å². The molecule has 0 aliphatic carbocycles. The highest BCUT2D eigenvalue weighted by atomic mass is 31.2. The first kappa shape index (κ1) is 19.2. The van der Waals surface area contributed by atoms with Crippen molar-refractivity contribution in [2.45, 2.75) is 19.4 Å². The molecular weight excluding hydrogens is 357 g/mol. The Morgan fingerprint density at radius 3 is 1.63 bits per heavy atom. The summed E-state index contributed by atoms with van der Waals surface area (Å²) in [4.78, 5) is 0. The Bertz CT molecular complexity index is 826. The van der Waals surface area contributed by atoms with Crippen LogP contribution in [0.4, 0.5) is 0 Å². The second-order valence-electron chi connectivity index (χ2n) is 6.39. The number of likely N-dealkylation sites (N-methyl/N-ethyl adjacent to an activating group) is 1. The summed E-state index contributed by atoms with van der Waals surface area (Å²) in [7, 11) is -1.84. The van der Waals surface area contributed by atoms with Gasteiger partial charge in [-0.15, -0.1) is 0 Å². The summed E-state index contributed by atoms with van der Waals surface area (Å²) >= 11 is 0. The van der Waals surface area contributed by atoms with Crippen LogP contribution >= 0.6 is 7.75 Å². The zero-order valence-corrected chi connectivity index (χ0v) is 16.5. The van der Waals surface area contributed by atoms with Gasteiger partial charge >= 0.3 is 7.75 Å². The van der Waals surface area contributed by atoms with Crippen LogP contribution in [0.2, 0.25) is 0 Å². The monoisotopic (exact) mass is 381 g/mol. The molecule has 1 unspecified atom stereocenters. The molecule has 4 nitrogen and oxygen atoms in total. The molecule has 0 fully saturated rings. The van der Waals surface area contributed by atoms with Gasteiger partial charge in [0.25, 0.3) is 0 Å². The van der Waals surface area contributed by atoms with Crippen molar-refractivity contribution in [3.05, 3.63) is 96.6 Å². The number of hydrogen-bond acceptors (Lipinski definition) is 3. The molecule has 27 heavy (non-hydrogen) atoms. The lowest BCUT2D eigenvalue weighted by atomic mass is 10.1. The third-order valence-electron chi connectivity index (χ3n) is 4.33. The van der Waals surface area contributed by atoms with Crippen LogP contribution in [0.1, 0.15) is 12.5 Å². The smallest absolute Gasteiger partial charge is 0.404 e. The first-order chi connectivity index (χ1) is 13.1. The molecule has 0 aliphatic heterocycles. The minimum absolute atomic E-state index is 0.0503. The number of para-hydroxylation sites is 2. The zero-order chi connectivity index (χ0) is 19.1. The largest absolute Gasteiger partial charge is 0.515 e. The number of rotatable bonds is 8. The van der Waals surface area contributed by atoms with Gasteiger partial charge in [-0.1, -0.05) is 66.7 Å². The van der Waals surface area contributed by atoms with Gasteiger partial charge < -0.3 is 9.05 Å². The highest BCUT2D eigenvalue weighted by Crippen LogP contribution is 2.52. The molecule has 1 atom stereocenters. The van der Waals surface area contributed by atoms with Gasteiger partial charge in [0, 0.05) is 6.04 Å². The van der Waals surface area contributed by atoms with Gasteiger partial charge in [-0.3, -0.25) is 0 Å². The lowest BCUT2D eigenvalue weighted by molar-refractivity contribution is 0.273. The summed E-state index contributed by atoms with van der Waals surface area (Å²) in [6.45, 7) is 2.02. The third kappa shape index (κ3) is 5.22. The second-order valence-corrected chi connectivity index (χ2v) is 8.32. The van der Waals surface area contributed by atoms with Crippen molar-refractivity contribution in [1.29, 1.82) is 0 Å². The first-order valence-electron chi connectivity index (χ1n) is 8.93. The molecule has 0 spiro atoms. The van der Waals surface area contributed by atoms with Gasteiger partial charge in [0.15, 0.2) is 0 Å². The Labute approximate surface area is 161 Å². The Morgan fingerprint density at radius 1 is 0.778 bits per heavy atom. The Hall–Kier alpha value is -2.55. The minimum atomic E-state index is -3.61. The first-order valence-corrected chi connectivity index (χ1v) is 10.4. The summed E-state index contributed by atoms with van der Waals surface area (Å²) in [6.07, 6.45) is 0.734. The van der Waals surface area contributed by atoms with Crippen molar-refractivity contribution in [1.82, 2.24) is 4.67 Å². The Kier molecular flexibility index (Phi) is 6.33. The van der Waals surface area contributed by atoms with E-state index in [0.29, 0.717) is 11.5 Å². The average molecular weight is 381 g/mol. The molecule has 0 saturated carbocycles. The number of benzene rings is 3. The molecule has 5 heteroatoms. The van der Waals surface area contributed by atoms with Crippen molar-refractivity contribution in [3.63, 3.8) is 0 Å². The summed E-state index contributed by atoms with van der Waals surface area (Å²) in [6, 6.07) is 28.3. The number of hydrogen-bond donors (Lipinski definition) is 0. The van der Waals surface area contributed by atoms with Crippen LogP contribution in [0, 0.1) is 0 Å². The molecule has 0 amide bonds. The normalized spacial score (nSPS) is 12.6. The quantitative estimate of drug-likeness (QED) is 0.461. The van der Waals surface area contributed by atoms with Crippen LogP contribution in [0.15, 0.2) is 91.0 Å². The van der Waals surface area contributed by atoms with E-state index in [4.69, 9.17) is 9.05 Å². The third-order valence-corrected chi connectivity index (χ3v) is 6.38. The molecule has 3 rings (SSSR count). The molecule has 3 aromatic rings. The maximum absolute atomic E-state index is 13.8. The van der Waals surface area contributed by atoms with E-state index in [9.17, 15) is 4.57 Å². The standard InChI is InChI=1S/C22H24NO3P/c1-19(18-20-12-6-3-7-13-20)23(2)27(24,25-21-14-8-4-9-15-21)26-22-16-10-5-11-17-22/h3-17,19H,18H2,1-2H3. The van der Waals surface area contributed by atoms with Crippen molar-refractivity contribution < 1.29 is 13.6 Å². The molecule has 0 saturated heterocycles. The summed E-state index contributed by atoms with van der Waals surface area (Å²) < 4.78 is 27.2. The van der Waals surface area contributed by atoms with Gasteiger partial charge in [0.2, 0.25) is 0 Å². The summed E-state index contributed by atoms with van der Waals surface area (Å²) in [5.74, 6) is 1.02. The van der Waals surface area contributed by atoms with E-state index in [0.717, 1.165) is 6.42 Å². The van der Waals surface area contributed by atoms with E-state index >= 15 is 0 Å². The van der Waals surface area contributed by atoms with Gasteiger partial charge in [0.1, 0.15) is 11.5 Å². The molecule has 3 aromatic carbocycles. The van der Waals surface area contributed by atoms with Crippen molar-refractivity contribution in [3.8, 4) is 11.5 Å². The van der Waals surface area contributed by atoms with E-state index in [2.05, 4.69) is 12.1 Å². The summed E-state index contributed by atoms with van der Waals surface area (Å²) in [5, 5.41) is 0. The highest BCUT2D eigenvalue weighted by Gasteiger charge is 2.37. The summed E-state index contributed by atoms with van der Waals surface area (Å²) in [5.41, 5.74) is 1.17. The zero-order valence-electron chi connectivity index (χ0n) is 15.6. The predicted molar refractivity (Wildman–Crippen MR) is 109 cm³/mol. The molecule has 0 aliphatic rings. The Balaban J connectivity index is 1.84. The molecule has 0 heterocycles. The molecule has 0 radical (unpaired) electrons. The van der Waals surface area contributed by atoms with Gasteiger partial charge in [-0.25, -0.2) is 4.57 Å². The van der Waals surface area contributed by atoms with Crippen molar-refractivity contribution in [2.24, 2.45) is 0 Å². The maximum atomic E-state index is 13.8. The van der Waals surface area contributed by atoms with Crippen molar-refractivity contribution in [2.75, 3.05) is 7.05 Å². The fraction of sp³-hybridized carbons (Fsp3) is 0.182. The van der Waals surface area contributed by atoms with Crippen LogP contribution in [0.25, 0.3) is 0 Å². The van der Waals surface area contributed by atoms with Crippen LogP contribution in [0.3, 0.4) is 0 Å². The molecule has 140 valence electrons. The molecule has 0 aromatic heterocycles. The van der Waals surface area contributed by atoms with Crippen LogP contribution in [-0.4, -0.2) is 17.8 Å². The van der Waals surface area contributed by atoms with Gasteiger partial charge in [-0.05, 0) is 50.2 Å². The lowest BCUT2D eigenvalue weighted by Crippen LogP contribution is -2.32. The van der Waals surface area contributed by atoms with E-state index in [1.54, 1.807) is 36.0 Å². The Morgan fingerprint density at radius 2 is 1.19 bits per heavy atom. The fourth-order valence-corrected chi connectivity index (χ4v) is 4.34. The lowest BCUT2D eigenvalue weighted by Gasteiger charge is -2.31. The van der Waals surface area contributed by atoms with Gasteiger partial charge in [0.05, 0.1) is 0 Å². The SMILES string of the molecule is CC(Cc1ccccc1)N(C)P(=O)(Oc1ccccc1)Oc1ccccc1. The van der Waals surface area contributed by atoms with Crippen LogP contribution in [0.5, 0.6) is 11.5 Å². The second kappa shape index (κ2) is 8.90. The predicted octanol–water partition coefficient (Wildman–Crippen LogP) is 5.82. The highest BCUT2D eigenvalue weighted by molar-refractivity contribution is 7.52. The molecular formula is C22H24NO3P. The fourth-order valence-electron chi connectivity index (χ4n) is 2.71. The van der Waals surface area contributed by atoms with E-state index in [-0.39, 0.29) is 6.04 Å². The van der Waals surface area contributed by atoms with E-state index < -0.39 is 7.75 Å². The van der Waals surface area contributed by atoms with Crippen LogP contribution in [-0.2, 0) is 11.0 Å². The maximum Gasteiger partial charge on any atom is 0.515 e. The minimum Gasteiger partial charge on any atom is -0.404 e. The molecule has 0 N–H and O–H groups in total.